The van der Waals surface area contributed by atoms with E-state index in [2.05, 4.69) is 44.6 Å². The number of aromatic nitrogens is 4. The summed E-state index contributed by atoms with van der Waals surface area (Å²) in [5.74, 6) is 0.878. The Morgan fingerprint density at radius 2 is 1.73 bits per heavy atom. The summed E-state index contributed by atoms with van der Waals surface area (Å²) in [6.07, 6.45) is 7.43. The highest BCUT2D eigenvalue weighted by Crippen LogP contribution is 2.21. The molecule has 0 bridgehead atoms. The monoisotopic (exact) mass is 293 g/mol. The number of nitrogens with zero attached hydrogens (tertiary/aromatic N) is 5. The molecule has 22 heavy (non-hydrogen) atoms. The lowest BCUT2D eigenvalue weighted by molar-refractivity contribution is 0.264. The summed E-state index contributed by atoms with van der Waals surface area (Å²) in [5, 5.41) is 0. The van der Waals surface area contributed by atoms with Gasteiger partial charge in [-0.25, -0.2) is 4.98 Å². The molecule has 5 nitrogen and oxygen atoms in total. The maximum Gasteiger partial charge on any atom is 0.158 e. The van der Waals surface area contributed by atoms with Crippen LogP contribution in [0.1, 0.15) is 11.7 Å². The molecule has 0 aromatic carbocycles. The highest BCUT2D eigenvalue weighted by atomic mass is 15.2. The Kier molecular flexibility index (Phi) is 4.25. The van der Waals surface area contributed by atoms with Crippen molar-refractivity contribution in [1.29, 1.82) is 0 Å². The van der Waals surface area contributed by atoms with Crippen molar-refractivity contribution in [3.8, 4) is 11.5 Å². The molecule has 112 valence electrons. The van der Waals surface area contributed by atoms with Crippen LogP contribution in [0.3, 0.4) is 0 Å². The van der Waals surface area contributed by atoms with E-state index < -0.39 is 0 Å². The van der Waals surface area contributed by atoms with Gasteiger partial charge in [-0.1, -0.05) is 12.1 Å². The van der Waals surface area contributed by atoms with Crippen molar-refractivity contribution >= 4 is 0 Å². The molecule has 3 rings (SSSR count). The zero-order valence-corrected chi connectivity index (χ0v) is 12.8. The molecule has 0 fully saturated rings. The van der Waals surface area contributed by atoms with Crippen molar-refractivity contribution in [3.05, 3.63) is 66.9 Å². The molecule has 0 amide bonds. The molecule has 0 N–H and O–H groups in total. The first-order valence-electron chi connectivity index (χ1n) is 7.25. The third-order valence-electron chi connectivity index (χ3n) is 3.63. The predicted molar refractivity (Wildman–Crippen MR) is 86.1 cm³/mol. The Morgan fingerprint density at radius 1 is 0.955 bits per heavy atom. The van der Waals surface area contributed by atoms with Crippen LogP contribution in [0.2, 0.25) is 0 Å². The second-order valence-electron chi connectivity index (χ2n) is 5.35. The molecule has 0 aliphatic carbocycles. The van der Waals surface area contributed by atoms with Gasteiger partial charge in [0.2, 0.25) is 0 Å². The minimum absolute atomic E-state index is 0.179. The summed E-state index contributed by atoms with van der Waals surface area (Å²) in [5.41, 5.74) is 1.93. The molecule has 0 saturated carbocycles. The molecular formula is C17H19N5. The predicted octanol–water partition coefficient (Wildman–Crippen LogP) is 2.64. The summed E-state index contributed by atoms with van der Waals surface area (Å²) in [7, 11) is 4.13. The molecule has 0 radical (unpaired) electrons. The largest absolute Gasteiger partial charge is 0.328 e. The van der Waals surface area contributed by atoms with E-state index in [-0.39, 0.29) is 6.04 Å². The molecule has 0 saturated heterocycles. The zero-order valence-electron chi connectivity index (χ0n) is 12.8. The van der Waals surface area contributed by atoms with Gasteiger partial charge in [-0.2, -0.15) is 0 Å². The number of pyridine rings is 2. The quantitative estimate of drug-likeness (QED) is 0.725. The summed E-state index contributed by atoms with van der Waals surface area (Å²) in [4.78, 5) is 15.5. The van der Waals surface area contributed by atoms with E-state index in [0.717, 1.165) is 23.8 Å². The number of rotatable bonds is 5. The van der Waals surface area contributed by atoms with E-state index in [1.54, 1.807) is 6.20 Å². The average molecular weight is 293 g/mol. The van der Waals surface area contributed by atoms with Crippen molar-refractivity contribution < 1.29 is 0 Å². The Bertz CT molecular complexity index is 706. The highest BCUT2D eigenvalue weighted by molar-refractivity contribution is 5.49. The Balaban J connectivity index is 1.91. The van der Waals surface area contributed by atoms with E-state index in [1.165, 1.54) is 0 Å². The van der Waals surface area contributed by atoms with Crippen LogP contribution < -0.4 is 0 Å². The van der Waals surface area contributed by atoms with Gasteiger partial charge in [0.25, 0.3) is 0 Å². The first-order chi connectivity index (χ1) is 10.8. The number of hydrogen-bond acceptors (Lipinski definition) is 4. The molecule has 5 heteroatoms. The SMILES string of the molecule is CN(C)C(Cn1ccnc1-c1ccccn1)c1ccccn1. The van der Waals surface area contributed by atoms with Crippen molar-refractivity contribution in [2.75, 3.05) is 14.1 Å². The van der Waals surface area contributed by atoms with Crippen LogP contribution in [-0.4, -0.2) is 38.5 Å². The fourth-order valence-corrected chi connectivity index (χ4v) is 2.47. The molecule has 1 atom stereocenters. The van der Waals surface area contributed by atoms with E-state index in [4.69, 9.17) is 0 Å². The molecule has 3 aromatic heterocycles. The van der Waals surface area contributed by atoms with Crippen LogP contribution in [0.15, 0.2) is 61.2 Å². The van der Waals surface area contributed by atoms with Crippen LogP contribution in [0.5, 0.6) is 0 Å². The first-order valence-corrected chi connectivity index (χ1v) is 7.25. The Morgan fingerprint density at radius 3 is 2.36 bits per heavy atom. The van der Waals surface area contributed by atoms with Gasteiger partial charge in [0.05, 0.1) is 11.7 Å². The normalized spacial score (nSPS) is 12.5. The van der Waals surface area contributed by atoms with Crippen LogP contribution >= 0.6 is 0 Å². The van der Waals surface area contributed by atoms with E-state index in [1.807, 2.05) is 48.9 Å². The number of imidazole rings is 1. The van der Waals surface area contributed by atoms with Gasteiger partial charge in [0.15, 0.2) is 5.82 Å². The summed E-state index contributed by atoms with van der Waals surface area (Å²) in [6, 6.07) is 12.1. The van der Waals surface area contributed by atoms with Gasteiger partial charge >= 0.3 is 0 Å². The van der Waals surface area contributed by atoms with Crippen molar-refractivity contribution in [2.24, 2.45) is 0 Å². The second kappa shape index (κ2) is 6.49. The fraction of sp³-hybridized carbons (Fsp3) is 0.235. The van der Waals surface area contributed by atoms with E-state index in [0.29, 0.717) is 0 Å². The van der Waals surface area contributed by atoms with E-state index >= 15 is 0 Å². The molecule has 3 aromatic rings. The fourth-order valence-electron chi connectivity index (χ4n) is 2.47. The third-order valence-corrected chi connectivity index (χ3v) is 3.63. The van der Waals surface area contributed by atoms with Gasteiger partial charge in [-0.05, 0) is 38.4 Å². The minimum Gasteiger partial charge on any atom is -0.328 e. The van der Waals surface area contributed by atoms with Gasteiger partial charge in [0.1, 0.15) is 5.69 Å². The lowest BCUT2D eigenvalue weighted by Crippen LogP contribution is -2.25. The summed E-state index contributed by atoms with van der Waals surface area (Å²) < 4.78 is 2.13. The number of likely N-dealkylation sites (N-methyl/N-ethyl adjacent to an activating group) is 1. The molecule has 3 heterocycles. The topological polar surface area (TPSA) is 46.8 Å². The van der Waals surface area contributed by atoms with Gasteiger partial charge in [-0.15, -0.1) is 0 Å². The van der Waals surface area contributed by atoms with Gasteiger partial charge < -0.3 is 4.57 Å². The van der Waals surface area contributed by atoms with E-state index in [9.17, 15) is 0 Å². The maximum absolute atomic E-state index is 4.49. The van der Waals surface area contributed by atoms with Gasteiger partial charge in [-0.3, -0.25) is 14.9 Å². The second-order valence-corrected chi connectivity index (χ2v) is 5.35. The third kappa shape index (κ3) is 3.04. The lowest BCUT2D eigenvalue weighted by atomic mass is 10.1. The van der Waals surface area contributed by atoms with Crippen molar-refractivity contribution in [3.63, 3.8) is 0 Å². The van der Waals surface area contributed by atoms with Crippen LogP contribution in [0.4, 0.5) is 0 Å². The zero-order chi connectivity index (χ0) is 15.4. The molecule has 0 spiro atoms. The smallest absolute Gasteiger partial charge is 0.158 e. The average Bonchev–Trinajstić information content (AvgIpc) is 3.02. The number of hydrogen-bond donors (Lipinski definition) is 0. The highest BCUT2D eigenvalue weighted by Gasteiger charge is 2.18. The first kappa shape index (κ1) is 14.4. The Labute approximate surface area is 130 Å². The molecule has 1 unspecified atom stereocenters. The standard InChI is InChI=1S/C17H19N5/c1-21(2)16(14-7-3-5-9-18-14)13-22-12-11-20-17(22)15-8-4-6-10-19-15/h3-12,16H,13H2,1-2H3. The van der Waals surface area contributed by atoms with Crippen LogP contribution in [0.25, 0.3) is 11.5 Å². The Hall–Kier alpha value is -2.53. The van der Waals surface area contributed by atoms with Gasteiger partial charge in [0, 0.05) is 31.3 Å². The molecule has 0 aliphatic heterocycles. The molecule has 0 aliphatic rings. The minimum atomic E-state index is 0.179. The van der Waals surface area contributed by atoms with Crippen molar-refractivity contribution in [1.82, 2.24) is 24.4 Å². The van der Waals surface area contributed by atoms with Crippen molar-refractivity contribution in [2.45, 2.75) is 12.6 Å². The summed E-state index contributed by atoms with van der Waals surface area (Å²) in [6.45, 7) is 0.774. The van der Waals surface area contributed by atoms with Crippen LogP contribution in [0, 0.1) is 0 Å². The lowest BCUT2D eigenvalue weighted by Gasteiger charge is -2.24. The maximum atomic E-state index is 4.49. The molecular weight excluding hydrogens is 274 g/mol. The summed E-state index contributed by atoms with van der Waals surface area (Å²) >= 11 is 0. The van der Waals surface area contributed by atoms with Crippen LogP contribution in [-0.2, 0) is 6.54 Å².